The molecule has 1 atom stereocenters. The Morgan fingerprint density at radius 1 is 1.53 bits per heavy atom. The van der Waals surface area contributed by atoms with Crippen molar-refractivity contribution in [1.82, 2.24) is 25.5 Å². The molecule has 0 fully saturated rings. The van der Waals surface area contributed by atoms with Gasteiger partial charge in [0.2, 0.25) is 0 Å². The molecule has 0 aliphatic rings. The highest BCUT2D eigenvalue weighted by molar-refractivity contribution is 6.31. The first-order valence-corrected chi connectivity index (χ1v) is 6.33. The van der Waals surface area contributed by atoms with Crippen LogP contribution < -0.4 is 5.32 Å². The third kappa shape index (κ3) is 3.08. The highest BCUT2D eigenvalue weighted by atomic mass is 35.5. The smallest absolute Gasteiger partial charge is 0.253 e. The lowest BCUT2D eigenvalue weighted by molar-refractivity contribution is 0.0939. The summed E-state index contributed by atoms with van der Waals surface area (Å²) in [4.78, 5) is 12.2. The summed E-state index contributed by atoms with van der Waals surface area (Å²) in [6, 6.07) is 5.09. The summed E-state index contributed by atoms with van der Waals surface area (Å²) in [5.74, 6) is -0.170. The molecule has 0 aliphatic carbocycles. The van der Waals surface area contributed by atoms with Crippen LogP contribution in [0.1, 0.15) is 30.6 Å². The maximum atomic E-state index is 12.2. The van der Waals surface area contributed by atoms with Gasteiger partial charge in [-0.15, -0.1) is 5.10 Å². The molecule has 0 saturated carbocycles. The number of nitrogens with one attached hydrogen (secondary N) is 1. The number of aromatic nitrogens is 4. The molecule has 7 heteroatoms. The average Bonchev–Trinajstić information content (AvgIpc) is 2.92. The van der Waals surface area contributed by atoms with Gasteiger partial charge in [-0.3, -0.25) is 4.79 Å². The van der Waals surface area contributed by atoms with Gasteiger partial charge in [0.15, 0.2) is 0 Å². The standard InChI is InChI=1S/C12H14ClN5O/c1-3-8(2)15-12(19)10-5-4-9(13)6-11(10)18-7-14-16-17-18/h4-8H,3H2,1-2H3,(H,15,19)/t8-/m0/s1. The first-order chi connectivity index (χ1) is 9.11. The van der Waals surface area contributed by atoms with Crippen LogP contribution in [-0.2, 0) is 0 Å². The summed E-state index contributed by atoms with van der Waals surface area (Å²) in [7, 11) is 0. The lowest BCUT2D eigenvalue weighted by atomic mass is 10.1. The molecule has 1 aromatic heterocycles. The van der Waals surface area contributed by atoms with E-state index in [0.29, 0.717) is 16.3 Å². The molecular formula is C12H14ClN5O. The Labute approximate surface area is 115 Å². The molecule has 2 aromatic rings. The van der Waals surface area contributed by atoms with Crippen molar-refractivity contribution in [3.8, 4) is 5.69 Å². The Hall–Kier alpha value is -1.95. The molecule has 1 amide bonds. The third-order valence-corrected chi connectivity index (χ3v) is 3.03. The van der Waals surface area contributed by atoms with Gasteiger partial charge in [-0.1, -0.05) is 18.5 Å². The number of halogens is 1. The van der Waals surface area contributed by atoms with E-state index in [1.807, 2.05) is 13.8 Å². The van der Waals surface area contributed by atoms with Crippen molar-refractivity contribution >= 4 is 17.5 Å². The zero-order valence-corrected chi connectivity index (χ0v) is 11.4. The van der Waals surface area contributed by atoms with E-state index in [-0.39, 0.29) is 11.9 Å². The minimum atomic E-state index is -0.170. The number of carbonyl (C=O) groups excluding carboxylic acids is 1. The van der Waals surface area contributed by atoms with E-state index in [4.69, 9.17) is 11.6 Å². The Bertz CT molecular complexity index is 570. The van der Waals surface area contributed by atoms with Crippen molar-refractivity contribution in [1.29, 1.82) is 0 Å². The SMILES string of the molecule is CC[C@H](C)NC(=O)c1ccc(Cl)cc1-n1cnnn1. The van der Waals surface area contributed by atoms with Gasteiger partial charge in [-0.25, -0.2) is 0 Å². The molecule has 2 rings (SSSR count). The minimum absolute atomic E-state index is 0.102. The van der Waals surface area contributed by atoms with Crippen molar-refractivity contribution in [2.75, 3.05) is 0 Å². The van der Waals surface area contributed by atoms with E-state index in [1.165, 1.54) is 11.0 Å². The highest BCUT2D eigenvalue weighted by Crippen LogP contribution is 2.19. The number of hydrogen-bond donors (Lipinski definition) is 1. The molecule has 0 aliphatic heterocycles. The molecule has 19 heavy (non-hydrogen) atoms. The van der Waals surface area contributed by atoms with Crippen molar-refractivity contribution < 1.29 is 4.79 Å². The summed E-state index contributed by atoms with van der Waals surface area (Å²) in [5, 5.41) is 14.3. The summed E-state index contributed by atoms with van der Waals surface area (Å²) in [5.41, 5.74) is 1.04. The molecule has 100 valence electrons. The lowest BCUT2D eigenvalue weighted by Crippen LogP contribution is -2.32. The summed E-state index contributed by atoms with van der Waals surface area (Å²) in [6.45, 7) is 3.96. The van der Waals surface area contributed by atoms with E-state index in [9.17, 15) is 4.79 Å². The van der Waals surface area contributed by atoms with E-state index < -0.39 is 0 Å². The van der Waals surface area contributed by atoms with Gasteiger partial charge in [0.25, 0.3) is 5.91 Å². The first-order valence-electron chi connectivity index (χ1n) is 5.95. The maximum Gasteiger partial charge on any atom is 0.253 e. The molecule has 1 aromatic carbocycles. The minimum Gasteiger partial charge on any atom is -0.350 e. The highest BCUT2D eigenvalue weighted by Gasteiger charge is 2.15. The molecule has 1 heterocycles. The Morgan fingerprint density at radius 2 is 2.32 bits per heavy atom. The number of benzene rings is 1. The van der Waals surface area contributed by atoms with Crippen molar-refractivity contribution in [2.45, 2.75) is 26.3 Å². The zero-order chi connectivity index (χ0) is 13.8. The second-order valence-corrected chi connectivity index (χ2v) is 4.64. The normalized spacial score (nSPS) is 12.2. The predicted octanol–water partition coefficient (Wildman–Crippen LogP) is 1.84. The van der Waals surface area contributed by atoms with Gasteiger partial charge >= 0.3 is 0 Å². The van der Waals surface area contributed by atoms with E-state index in [2.05, 4.69) is 20.8 Å². The van der Waals surface area contributed by atoms with Gasteiger partial charge in [0.1, 0.15) is 6.33 Å². The van der Waals surface area contributed by atoms with Crippen LogP contribution in [0.2, 0.25) is 5.02 Å². The van der Waals surface area contributed by atoms with Gasteiger partial charge in [-0.05, 0) is 42.0 Å². The number of carbonyl (C=O) groups is 1. The van der Waals surface area contributed by atoms with E-state index in [0.717, 1.165) is 6.42 Å². The molecule has 6 nitrogen and oxygen atoms in total. The van der Waals surface area contributed by atoms with Gasteiger partial charge in [-0.2, -0.15) is 4.68 Å². The summed E-state index contributed by atoms with van der Waals surface area (Å²) < 4.78 is 1.41. The Kier molecular flexibility index (Phi) is 4.11. The fourth-order valence-electron chi connectivity index (χ4n) is 1.56. The number of tetrazole rings is 1. The van der Waals surface area contributed by atoms with Crippen LogP contribution in [0.15, 0.2) is 24.5 Å². The second-order valence-electron chi connectivity index (χ2n) is 4.20. The van der Waals surface area contributed by atoms with E-state index in [1.54, 1.807) is 18.2 Å². The maximum absolute atomic E-state index is 12.2. The Balaban J connectivity index is 2.38. The Morgan fingerprint density at radius 3 is 2.95 bits per heavy atom. The largest absolute Gasteiger partial charge is 0.350 e. The van der Waals surface area contributed by atoms with Gasteiger partial charge in [0.05, 0.1) is 11.3 Å². The molecule has 0 radical (unpaired) electrons. The molecule has 0 bridgehead atoms. The van der Waals surface area contributed by atoms with Crippen molar-refractivity contribution in [3.63, 3.8) is 0 Å². The second kappa shape index (κ2) is 5.79. The molecule has 1 N–H and O–H groups in total. The van der Waals surface area contributed by atoms with Crippen LogP contribution in [0, 0.1) is 0 Å². The lowest BCUT2D eigenvalue weighted by Gasteiger charge is -2.13. The average molecular weight is 280 g/mol. The third-order valence-electron chi connectivity index (χ3n) is 2.79. The first kappa shape index (κ1) is 13.5. The van der Waals surface area contributed by atoms with Crippen LogP contribution in [0.4, 0.5) is 0 Å². The van der Waals surface area contributed by atoms with Crippen molar-refractivity contribution in [2.24, 2.45) is 0 Å². The van der Waals surface area contributed by atoms with Crippen molar-refractivity contribution in [3.05, 3.63) is 35.1 Å². The topological polar surface area (TPSA) is 72.7 Å². The molecule has 0 spiro atoms. The monoisotopic (exact) mass is 279 g/mol. The van der Waals surface area contributed by atoms with Crippen LogP contribution in [0.5, 0.6) is 0 Å². The van der Waals surface area contributed by atoms with Crippen LogP contribution in [-0.4, -0.2) is 32.2 Å². The van der Waals surface area contributed by atoms with Gasteiger partial charge in [0, 0.05) is 11.1 Å². The zero-order valence-electron chi connectivity index (χ0n) is 10.7. The molecule has 0 saturated heterocycles. The number of amides is 1. The summed E-state index contributed by atoms with van der Waals surface area (Å²) >= 11 is 5.96. The quantitative estimate of drug-likeness (QED) is 0.927. The van der Waals surface area contributed by atoms with Crippen LogP contribution in [0.25, 0.3) is 5.69 Å². The number of hydrogen-bond acceptors (Lipinski definition) is 4. The van der Waals surface area contributed by atoms with Crippen LogP contribution >= 0.6 is 11.6 Å². The van der Waals surface area contributed by atoms with E-state index >= 15 is 0 Å². The molecular weight excluding hydrogens is 266 g/mol. The predicted molar refractivity (Wildman–Crippen MR) is 71.4 cm³/mol. The fourth-order valence-corrected chi connectivity index (χ4v) is 1.73. The number of nitrogens with zero attached hydrogens (tertiary/aromatic N) is 4. The van der Waals surface area contributed by atoms with Gasteiger partial charge < -0.3 is 5.32 Å². The fraction of sp³-hybridized carbons (Fsp3) is 0.333. The summed E-state index contributed by atoms with van der Waals surface area (Å²) in [6.07, 6.45) is 2.28. The molecule has 0 unspecified atom stereocenters. The number of rotatable bonds is 4. The van der Waals surface area contributed by atoms with Crippen LogP contribution in [0.3, 0.4) is 0 Å².